The first kappa shape index (κ1) is 49.8. The molecular formula is C53H60F2N8O6S2. The van der Waals surface area contributed by atoms with E-state index < -0.39 is 48.7 Å². The number of hydrogen-bond donors (Lipinski definition) is 4. The number of alkyl carbamates (subject to hydrolysis) is 2. The van der Waals surface area contributed by atoms with Crippen LogP contribution in [0.2, 0.25) is 0 Å². The third kappa shape index (κ3) is 11.0. The van der Waals surface area contributed by atoms with Crippen LogP contribution >= 0.6 is 23.5 Å². The van der Waals surface area contributed by atoms with E-state index in [0.29, 0.717) is 36.0 Å². The number of rotatable bonds is 14. The molecule has 2 aromatic heterocycles. The molecule has 4 heterocycles. The third-order valence-corrected chi connectivity index (χ3v) is 15.3. The Balaban J connectivity index is 0.947. The summed E-state index contributed by atoms with van der Waals surface area (Å²) in [4.78, 5) is 71.8. The molecule has 14 nitrogen and oxygen atoms in total. The van der Waals surface area contributed by atoms with Crippen molar-refractivity contribution in [2.45, 2.75) is 94.3 Å². The molecule has 2 saturated heterocycles. The standard InChI is InChI=1S/C53H60F2N8O6S2/c1-68-52(66)60-42(18-20-70-3)50(64)62-28-36(54)26-46(62)48-56-40-16-14-34(24-44(40)58-48)38-22-30-6-5-7-32(38)11-9-31-10-13-33(12-8-30)39(23-31)35-15-17-41-45(25-35)59-49(57-41)47-27-37(55)29-63(47)51(65)43(19-21-71-4)61-53(67)69-2/h6-7,10,13-17,22-25,36-37,42-43,46-47H,5,8-9,11-12,18-21,26-29H2,1-4H3,(H,56,58)(H,57,59)(H,60,66)(H,61,67)/t36-,37-,42+,43+,46+,47+/m1/s1. The summed E-state index contributed by atoms with van der Waals surface area (Å²) in [6.45, 7) is -0.172. The summed E-state index contributed by atoms with van der Waals surface area (Å²) >= 11 is 3.11. The number of halogens is 2. The molecule has 0 radical (unpaired) electrons. The van der Waals surface area contributed by atoms with E-state index in [2.05, 4.69) is 81.3 Å². The lowest BCUT2D eigenvalue weighted by atomic mass is 9.87. The minimum absolute atomic E-state index is 0.0859. The van der Waals surface area contributed by atoms with E-state index >= 15 is 8.78 Å². The molecule has 6 atom stereocenters. The zero-order valence-electron chi connectivity index (χ0n) is 40.4. The first-order valence-corrected chi connectivity index (χ1v) is 27.0. The highest BCUT2D eigenvalue weighted by molar-refractivity contribution is 7.98. The summed E-state index contributed by atoms with van der Waals surface area (Å²) in [6.07, 6.45) is 11.9. The van der Waals surface area contributed by atoms with Gasteiger partial charge in [0.1, 0.15) is 36.1 Å². The number of thioether (sulfide) groups is 2. The number of nitrogens with zero attached hydrogens (tertiary/aromatic N) is 4. The number of aryl methyl sites for hydroxylation is 2. The topological polar surface area (TPSA) is 175 Å². The van der Waals surface area contributed by atoms with E-state index in [1.54, 1.807) is 23.5 Å². The molecule has 4 amide bonds. The van der Waals surface area contributed by atoms with Gasteiger partial charge < -0.3 is 39.9 Å². The Morgan fingerprint density at radius 1 is 0.718 bits per heavy atom. The van der Waals surface area contributed by atoms with Crippen molar-refractivity contribution >= 4 is 75.2 Å². The maximum atomic E-state index is 15.2. The summed E-state index contributed by atoms with van der Waals surface area (Å²) in [5.74, 6) is 1.56. The number of ether oxygens (including phenoxy) is 2. The van der Waals surface area contributed by atoms with E-state index in [0.717, 1.165) is 76.4 Å². The molecule has 0 saturated carbocycles. The number of imidazole rings is 2. The first-order valence-electron chi connectivity index (χ1n) is 24.2. The third-order valence-electron chi connectivity index (χ3n) is 14.1. The predicted molar refractivity (Wildman–Crippen MR) is 276 cm³/mol. The maximum Gasteiger partial charge on any atom is 0.407 e. The number of hydrogen-bond acceptors (Lipinski definition) is 10. The van der Waals surface area contributed by atoms with Crippen LogP contribution in [0.25, 0.3) is 38.8 Å². The van der Waals surface area contributed by atoms with E-state index in [1.165, 1.54) is 46.3 Å². The van der Waals surface area contributed by atoms with Crippen LogP contribution in [0, 0.1) is 0 Å². The van der Waals surface area contributed by atoms with Gasteiger partial charge in [-0.15, -0.1) is 0 Å². The number of nitrogens with one attached hydrogen (secondary N) is 4. The Hall–Kier alpha value is -6.14. The van der Waals surface area contributed by atoms with Crippen molar-refractivity contribution in [2.24, 2.45) is 0 Å². The Morgan fingerprint density at radius 3 is 1.85 bits per heavy atom. The smallest absolute Gasteiger partial charge is 0.407 e. The molecule has 5 aromatic rings. The molecule has 10 rings (SSSR count). The minimum Gasteiger partial charge on any atom is -0.453 e. The van der Waals surface area contributed by atoms with Gasteiger partial charge in [-0.05, 0) is 132 Å². The maximum absolute atomic E-state index is 15.2. The second kappa shape index (κ2) is 22.1. The molecule has 3 aromatic carbocycles. The van der Waals surface area contributed by atoms with Crippen LogP contribution in [-0.2, 0) is 31.9 Å². The zero-order valence-corrected chi connectivity index (χ0v) is 42.0. The molecule has 4 N–H and O–H groups in total. The molecule has 2 fully saturated rings. The zero-order chi connectivity index (χ0) is 49.8. The molecule has 0 spiro atoms. The summed E-state index contributed by atoms with van der Waals surface area (Å²) in [5.41, 5.74) is 12.2. The van der Waals surface area contributed by atoms with Gasteiger partial charge in [0.25, 0.3) is 0 Å². The quantitative estimate of drug-likeness (QED) is 0.0839. The second-order valence-corrected chi connectivity index (χ2v) is 20.6. The lowest BCUT2D eigenvalue weighted by Crippen LogP contribution is -2.49. The van der Waals surface area contributed by atoms with Crippen molar-refractivity contribution in [3.05, 3.63) is 112 Å². The van der Waals surface area contributed by atoms with Gasteiger partial charge in [0.2, 0.25) is 11.8 Å². The highest BCUT2D eigenvalue weighted by Gasteiger charge is 2.42. The van der Waals surface area contributed by atoms with Gasteiger partial charge in [-0.3, -0.25) is 9.59 Å². The molecule has 71 heavy (non-hydrogen) atoms. The second-order valence-electron chi connectivity index (χ2n) is 18.6. The fraction of sp³-hybridized carbons (Fsp3) is 0.434. The lowest BCUT2D eigenvalue weighted by Gasteiger charge is -2.27. The fourth-order valence-corrected chi connectivity index (χ4v) is 11.3. The van der Waals surface area contributed by atoms with Crippen LogP contribution < -0.4 is 10.6 Å². The Bertz CT molecular complexity index is 2920. The molecule has 2 aliphatic heterocycles. The number of aromatic nitrogens is 4. The number of carbonyl (C=O) groups excluding carboxylic acids is 4. The van der Waals surface area contributed by atoms with E-state index in [1.807, 2.05) is 24.6 Å². The molecule has 18 heteroatoms. The monoisotopic (exact) mass is 1010 g/mol. The number of carbonyl (C=O) groups is 4. The van der Waals surface area contributed by atoms with Crippen LogP contribution in [0.5, 0.6) is 0 Å². The summed E-state index contributed by atoms with van der Waals surface area (Å²) < 4.78 is 39.9. The predicted octanol–water partition coefficient (Wildman–Crippen LogP) is 9.50. The number of benzene rings is 3. The van der Waals surface area contributed by atoms with Gasteiger partial charge in [-0.2, -0.15) is 23.5 Å². The highest BCUT2D eigenvalue weighted by Crippen LogP contribution is 2.39. The number of aromatic amines is 2. The lowest BCUT2D eigenvalue weighted by molar-refractivity contribution is -0.135. The Labute approximate surface area is 420 Å². The summed E-state index contributed by atoms with van der Waals surface area (Å²) in [5, 5.41) is 5.30. The highest BCUT2D eigenvalue weighted by atomic mass is 32.2. The van der Waals surface area contributed by atoms with Gasteiger partial charge >= 0.3 is 12.2 Å². The van der Waals surface area contributed by atoms with Crippen LogP contribution in [0.4, 0.5) is 18.4 Å². The normalized spacial score (nSPS) is 21.0. The van der Waals surface area contributed by atoms with E-state index in [4.69, 9.17) is 19.4 Å². The van der Waals surface area contributed by atoms with Gasteiger partial charge in [-0.25, -0.2) is 28.3 Å². The molecule has 3 aliphatic carbocycles. The van der Waals surface area contributed by atoms with Crippen molar-refractivity contribution in [1.29, 1.82) is 0 Å². The van der Waals surface area contributed by atoms with Crippen molar-refractivity contribution in [3.63, 3.8) is 0 Å². The number of amides is 4. The van der Waals surface area contributed by atoms with Crippen molar-refractivity contribution in [1.82, 2.24) is 40.4 Å². The molecular weight excluding hydrogens is 947 g/mol. The van der Waals surface area contributed by atoms with Gasteiger partial charge in [0.05, 0.1) is 61.5 Å². The number of alkyl halides is 2. The van der Waals surface area contributed by atoms with Gasteiger partial charge in [0, 0.05) is 12.8 Å². The molecule has 0 unspecified atom stereocenters. The van der Waals surface area contributed by atoms with E-state index in [9.17, 15) is 19.2 Å². The van der Waals surface area contributed by atoms with Gasteiger partial charge in [-0.1, -0.05) is 54.1 Å². The minimum atomic E-state index is -1.23. The van der Waals surface area contributed by atoms with Crippen LogP contribution in [0.1, 0.15) is 85.4 Å². The largest absolute Gasteiger partial charge is 0.453 e. The number of methoxy groups -OCH3 is 2. The van der Waals surface area contributed by atoms with Crippen LogP contribution in [0.15, 0.2) is 84.0 Å². The molecule has 374 valence electrons. The van der Waals surface area contributed by atoms with Crippen molar-refractivity contribution in [3.8, 4) is 11.1 Å². The Morgan fingerprint density at radius 2 is 1.28 bits per heavy atom. The van der Waals surface area contributed by atoms with Crippen LogP contribution in [0.3, 0.4) is 0 Å². The van der Waals surface area contributed by atoms with E-state index in [-0.39, 0.29) is 37.7 Å². The first-order chi connectivity index (χ1) is 34.4. The van der Waals surface area contributed by atoms with Crippen LogP contribution in [-0.4, -0.2) is 129 Å². The fourth-order valence-electron chi connectivity index (χ4n) is 10.4. The average molecular weight is 1010 g/mol. The summed E-state index contributed by atoms with van der Waals surface area (Å²) in [6, 6.07) is 16.1. The average Bonchev–Trinajstić information content (AvgIpc) is 4.16. The molecule has 4 bridgehead atoms. The SMILES string of the molecule is COC(=O)N[C@@H](CCSC)C(=O)N1C[C@H](F)C[C@H]1c1nc2cc(C3=CC4=CCC=C3CCc3ccc(c(-c5ccc6[nH]c([C@@H]7C[C@@H](F)CN7C(=O)[C@H](CCSC)NC(=O)OC)nc6c5)c3)CC4)ccc2[nH]1. The Kier molecular flexibility index (Phi) is 15.5. The number of likely N-dealkylation sites (tertiary alicyclic amines) is 2. The number of allylic oxidation sites excluding steroid dienone is 6. The number of H-pyrrole nitrogens is 2. The summed E-state index contributed by atoms with van der Waals surface area (Å²) in [7, 11) is 2.50. The number of fused-ring (bicyclic) bond motifs is 6. The van der Waals surface area contributed by atoms with Crippen molar-refractivity contribution in [2.75, 3.05) is 51.3 Å². The molecule has 5 aliphatic rings. The van der Waals surface area contributed by atoms with Gasteiger partial charge in [0.15, 0.2) is 0 Å². The van der Waals surface area contributed by atoms with Crippen molar-refractivity contribution < 1.29 is 37.4 Å².